The van der Waals surface area contributed by atoms with Crippen molar-refractivity contribution >= 4 is 17.4 Å². The summed E-state index contributed by atoms with van der Waals surface area (Å²) in [7, 11) is 1.34. The summed E-state index contributed by atoms with van der Waals surface area (Å²) in [4.78, 5) is 26.7. The average molecular weight is 434 g/mol. The van der Waals surface area contributed by atoms with E-state index in [9.17, 15) is 14.7 Å². The van der Waals surface area contributed by atoms with Crippen LogP contribution in [0.5, 0.6) is 5.75 Å². The Hall–Kier alpha value is -3.32. The molecule has 4 atom stereocenters. The molecule has 3 aromatic rings. The largest absolute Gasteiger partial charge is 0.488 e. The lowest BCUT2D eigenvalue weighted by Crippen LogP contribution is -2.42. The Kier molecular flexibility index (Phi) is 5.35. The lowest BCUT2D eigenvalue weighted by Gasteiger charge is -2.35. The van der Waals surface area contributed by atoms with Gasteiger partial charge in [0.1, 0.15) is 17.5 Å². The van der Waals surface area contributed by atoms with Gasteiger partial charge in [0, 0.05) is 24.8 Å². The number of fused-ring (bicyclic) bond motifs is 2. The number of nitrogens with zero attached hydrogens (tertiary/aromatic N) is 2. The molecule has 1 aliphatic carbocycles. The van der Waals surface area contributed by atoms with E-state index in [0.29, 0.717) is 42.9 Å². The molecule has 0 unspecified atom stereocenters. The molecule has 7 nitrogen and oxygen atoms in total. The number of esters is 1. The zero-order valence-electron chi connectivity index (χ0n) is 17.9. The van der Waals surface area contributed by atoms with Crippen LogP contribution >= 0.6 is 0 Å². The van der Waals surface area contributed by atoms with Crippen molar-refractivity contribution in [2.75, 3.05) is 20.2 Å². The fraction of sp³-hybridized carbons (Fsp3) is 0.360. The van der Waals surface area contributed by atoms with Gasteiger partial charge in [0.15, 0.2) is 0 Å². The van der Waals surface area contributed by atoms with Crippen LogP contribution in [0, 0.1) is 11.8 Å². The van der Waals surface area contributed by atoms with E-state index in [1.165, 1.54) is 7.11 Å². The van der Waals surface area contributed by atoms with Crippen LogP contribution in [0.3, 0.4) is 0 Å². The van der Waals surface area contributed by atoms with Crippen molar-refractivity contribution < 1.29 is 24.2 Å². The highest BCUT2D eigenvalue weighted by Crippen LogP contribution is 2.38. The van der Waals surface area contributed by atoms with Crippen LogP contribution in [0.4, 0.5) is 0 Å². The van der Waals surface area contributed by atoms with E-state index in [4.69, 9.17) is 9.47 Å². The number of ether oxygens (including phenoxy) is 2. The highest BCUT2D eigenvalue weighted by molar-refractivity contribution is 5.94. The summed E-state index contributed by atoms with van der Waals surface area (Å²) < 4.78 is 12.7. The predicted octanol–water partition coefficient (Wildman–Crippen LogP) is 3.02. The van der Waals surface area contributed by atoms with Gasteiger partial charge in [-0.1, -0.05) is 6.07 Å². The molecule has 1 saturated carbocycles. The quantitative estimate of drug-likeness (QED) is 0.639. The van der Waals surface area contributed by atoms with Crippen molar-refractivity contribution in [3.63, 3.8) is 0 Å². The summed E-state index contributed by atoms with van der Waals surface area (Å²) in [6.07, 6.45) is 2.26. The van der Waals surface area contributed by atoms with E-state index in [-0.39, 0.29) is 23.8 Å². The Balaban J connectivity index is 1.25. The van der Waals surface area contributed by atoms with Gasteiger partial charge in [-0.15, -0.1) is 0 Å². The second-order valence-electron chi connectivity index (χ2n) is 8.66. The Labute approximate surface area is 186 Å². The number of hydrogen-bond donors (Lipinski definition) is 1. The molecule has 166 valence electrons. The Morgan fingerprint density at radius 2 is 1.72 bits per heavy atom. The molecule has 1 aliphatic heterocycles. The van der Waals surface area contributed by atoms with Gasteiger partial charge in [0.05, 0.1) is 18.8 Å². The molecule has 1 saturated heterocycles. The topological polar surface area (TPSA) is 80.5 Å². The second kappa shape index (κ2) is 8.31. The summed E-state index contributed by atoms with van der Waals surface area (Å²) in [5, 5.41) is 10.7. The monoisotopic (exact) mass is 434 g/mol. The molecule has 1 N–H and O–H groups in total. The molecule has 0 bridgehead atoms. The third-order valence-electron chi connectivity index (χ3n) is 6.72. The lowest BCUT2D eigenvalue weighted by molar-refractivity contribution is -0.0231. The van der Waals surface area contributed by atoms with Crippen molar-refractivity contribution in [1.82, 2.24) is 9.30 Å². The summed E-state index contributed by atoms with van der Waals surface area (Å²) in [5.74, 6) is 0.778. The van der Waals surface area contributed by atoms with Crippen molar-refractivity contribution in [1.29, 1.82) is 0 Å². The molecular formula is C25H26N2O5. The summed E-state index contributed by atoms with van der Waals surface area (Å²) in [6.45, 7) is 1.32. The number of carbonyl (C=O) groups is 2. The van der Waals surface area contributed by atoms with Crippen molar-refractivity contribution in [3.05, 3.63) is 72.1 Å². The Morgan fingerprint density at radius 1 is 0.969 bits per heavy atom. The average Bonchev–Trinajstić information content (AvgIpc) is 3.43. The molecular weight excluding hydrogens is 408 g/mol. The second-order valence-corrected chi connectivity index (χ2v) is 8.66. The first kappa shape index (κ1) is 20.6. The maximum absolute atomic E-state index is 13.2. The first-order valence-corrected chi connectivity index (χ1v) is 10.9. The van der Waals surface area contributed by atoms with Crippen LogP contribution in [0.15, 0.2) is 60.8 Å². The number of aliphatic hydroxyl groups excluding tert-OH is 1. The van der Waals surface area contributed by atoms with Gasteiger partial charge >= 0.3 is 5.97 Å². The van der Waals surface area contributed by atoms with Gasteiger partial charge in [-0.05, 0) is 73.2 Å². The highest BCUT2D eigenvalue weighted by Gasteiger charge is 2.44. The maximum Gasteiger partial charge on any atom is 0.337 e. The number of benzene rings is 1. The van der Waals surface area contributed by atoms with E-state index in [1.54, 1.807) is 24.3 Å². The molecule has 2 aromatic heterocycles. The van der Waals surface area contributed by atoms with Crippen LogP contribution in [-0.2, 0) is 4.74 Å². The molecule has 0 spiro atoms. The van der Waals surface area contributed by atoms with Crippen LogP contribution in [0.2, 0.25) is 0 Å². The molecule has 2 fully saturated rings. The number of methoxy groups -OCH3 is 1. The summed E-state index contributed by atoms with van der Waals surface area (Å²) >= 11 is 0. The number of aliphatic hydroxyl groups is 1. The number of rotatable bonds is 4. The Morgan fingerprint density at radius 3 is 2.47 bits per heavy atom. The van der Waals surface area contributed by atoms with E-state index < -0.39 is 12.1 Å². The van der Waals surface area contributed by atoms with Gasteiger partial charge < -0.3 is 23.9 Å². The van der Waals surface area contributed by atoms with Crippen molar-refractivity contribution in [3.8, 4) is 5.75 Å². The molecule has 7 heteroatoms. The van der Waals surface area contributed by atoms with Crippen molar-refractivity contribution in [2.45, 2.75) is 25.0 Å². The standard InChI is InChI=1S/C25H26N2O5/c1-31-25(30)16-5-8-20(9-6-16)32-23-13-18-15-26(14-17(18)12-22(23)28)24(29)21-10-7-19-4-2-3-11-27(19)21/h2-11,17-18,22-23,28H,12-15H2,1H3/t17-,18+,22+,23+/m0/s1. The van der Waals surface area contributed by atoms with Crippen LogP contribution in [0.25, 0.3) is 5.52 Å². The normalized spacial score (nSPS) is 24.9. The molecule has 3 heterocycles. The lowest BCUT2D eigenvalue weighted by atomic mass is 9.78. The molecule has 5 rings (SSSR count). The maximum atomic E-state index is 13.2. The van der Waals surface area contributed by atoms with E-state index in [0.717, 1.165) is 5.52 Å². The number of pyridine rings is 1. The highest BCUT2D eigenvalue weighted by atomic mass is 16.5. The zero-order chi connectivity index (χ0) is 22.2. The van der Waals surface area contributed by atoms with Gasteiger partial charge in [-0.25, -0.2) is 4.79 Å². The SMILES string of the molecule is COC(=O)c1ccc(O[C@@H]2C[C@@H]3CN(C(=O)c4ccc5ccccn45)C[C@@H]3C[C@H]2O)cc1. The van der Waals surface area contributed by atoms with Gasteiger partial charge in [-0.3, -0.25) is 4.79 Å². The number of amides is 1. The minimum absolute atomic E-state index is 0.0240. The Bertz CT molecular complexity index is 1140. The third-order valence-corrected chi connectivity index (χ3v) is 6.72. The van der Waals surface area contributed by atoms with E-state index in [1.807, 2.05) is 45.8 Å². The molecule has 1 amide bonds. The molecule has 2 aliphatic rings. The zero-order valence-corrected chi connectivity index (χ0v) is 17.9. The van der Waals surface area contributed by atoms with Gasteiger partial charge in [0.25, 0.3) is 5.91 Å². The molecule has 1 aromatic carbocycles. The third kappa shape index (κ3) is 3.73. The number of aromatic nitrogens is 1. The first-order valence-electron chi connectivity index (χ1n) is 10.9. The fourth-order valence-electron chi connectivity index (χ4n) is 5.04. The van der Waals surface area contributed by atoms with Gasteiger partial charge in [-0.2, -0.15) is 0 Å². The van der Waals surface area contributed by atoms with Crippen LogP contribution in [-0.4, -0.2) is 58.7 Å². The summed E-state index contributed by atoms with van der Waals surface area (Å²) in [5.41, 5.74) is 2.11. The van der Waals surface area contributed by atoms with Crippen molar-refractivity contribution in [2.24, 2.45) is 11.8 Å². The smallest absolute Gasteiger partial charge is 0.337 e. The minimum atomic E-state index is -0.597. The van der Waals surface area contributed by atoms with Crippen LogP contribution in [0.1, 0.15) is 33.7 Å². The predicted molar refractivity (Wildman–Crippen MR) is 118 cm³/mol. The van der Waals surface area contributed by atoms with Crippen LogP contribution < -0.4 is 4.74 Å². The van der Waals surface area contributed by atoms with E-state index >= 15 is 0 Å². The number of likely N-dealkylation sites (tertiary alicyclic amines) is 1. The minimum Gasteiger partial charge on any atom is -0.488 e. The van der Waals surface area contributed by atoms with E-state index in [2.05, 4.69) is 0 Å². The number of carbonyl (C=O) groups excluding carboxylic acids is 2. The first-order chi connectivity index (χ1) is 15.5. The van der Waals surface area contributed by atoms with Gasteiger partial charge in [0.2, 0.25) is 0 Å². The summed E-state index contributed by atoms with van der Waals surface area (Å²) in [6, 6.07) is 16.4. The number of hydrogen-bond acceptors (Lipinski definition) is 5. The molecule has 0 radical (unpaired) electrons. The fourth-order valence-corrected chi connectivity index (χ4v) is 5.04. The molecule has 32 heavy (non-hydrogen) atoms.